The minimum absolute atomic E-state index is 0.0143. The van der Waals surface area contributed by atoms with Crippen molar-refractivity contribution in [3.8, 4) is 0 Å². The molecular weight excluding hydrogens is 394 g/mol. The normalized spacial score (nSPS) is 18.4. The molecule has 0 atom stereocenters. The van der Waals surface area contributed by atoms with Crippen molar-refractivity contribution in [3.05, 3.63) is 62.8 Å². The van der Waals surface area contributed by atoms with Gasteiger partial charge in [-0.2, -0.15) is 0 Å². The van der Waals surface area contributed by atoms with Gasteiger partial charge < -0.3 is 9.80 Å². The molecule has 2 saturated heterocycles. The summed E-state index contributed by atoms with van der Waals surface area (Å²) in [6.45, 7) is 5.61. The number of nitrogens with zero attached hydrogens (tertiary/aromatic N) is 5. The topological polar surface area (TPSA) is 70.8 Å². The fourth-order valence-corrected chi connectivity index (χ4v) is 4.61. The predicted octanol–water partition coefficient (Wildman–Crippen LogP) is 0.645. The first kappa shape index (κ1) is 21.4. The molecule has 2 fully saturated rings. The van der Waals surface area contributed by atoms with Crippen LogP contribution >= 0.6 is 0 Å². The Labute approximate surface area is 182 Å². The number of piperidine rings is 1. The second-order valence-corrected chi connectivity index (χ2v) is 8.59. The molecule has 0 N–H and O–H groups in total. The molecule has 2 aliphatic rings. The van der Waals surface area contributed by atoms with Gasteiger partial charge in [0.2, 0.25) is 5.91 Å². The summed E-state index contributed by atoms with van der Waals surface area (Å²) >= 11 is 0. The third kappa shape index (κ3) is 4.58. The first-order valence-corrected chi connectivity index (χ1v) is 11.0. The smallest absolute Gasteiger partial charge is 0.332 e. The largest absolute Gasteiger partial charge is 0.358 e. The number of rotatable bonds is 4. The van der Waals surface area contributed by atoms with E-state index in [-0.39, 0.29) is 23.1 Å². The molecule has 1 aromatic heterocycles. The summed E-state index contributed by atoms with van der Waals surface area (Å²) in [4.78, 5) is 43.8. The maximum Gasteiger partial charge on any atom is 0.332 e. The zero-order valence-corrected chi connectivity index (χ0v) is 18.4. The van der Waals surface area contributed by atoms with Gasteiger partial charge in [-0.25, -0.2) is 4.79 Å². The second-order valence-electron chi connectivity index (χ2n) is 8.59. The average molecular weight is 426 g/mol. The Morgan fingerprint density at radius 1 is 0.903 bits per heavy atom. The van der Waals surface area contributed by atoms with Crippen molar-refractivity contribution in [1.29, 1.82) is 0 Å². The van der Waals surface area contributed by atoms with Crippen molar-refractivity contribution in [2.75, 3.05) is 44.2 Å². The third-order valence-corrected chi connectivity index (χ3v) is 6.60. The van der Waals surface area contributed by atoms with Gasteiger partial charge in [-0.3, -0.25) is 23.6 Å². The van der Waals surface area contributed by atoms with E-state index in [0.29, 0.717) is 18.9 Å². The van der Waals surface area contributed by atoms with E-state index < -0.39 is 0 Å². The van der Waals surface area contributed by atoms with Crippen LogP contribution in [0.15, 0.2) is 46.0 Å². The third-order valence-electron chi connectivity index (χ3n) is 6.60. The summed E-state index contributed by atoms with van der Waals surface area (Å²) in [5, 5.41) is 0. The number of piperazine rings is 1. The predicted molar refractivity (Wildman–Crippen MR) is 120 cm³/mol. The summed E-state index contributed by atoms with van der Waals surface area (Å²) in [6, 6.07) is 11.9. The van der Waals surface area contributed by atoms with E-state index in [1.165, 1.54) is 23.2 Å². The summed E-state index contributed by atoms with van der Waals surface area (Å²) in [5.74, 6) is 0.894. The molecule has 0 saturated carbocycles. The summed E-state index contributed by atoms with van der Waals surface area (Å²) in [6.07, 6.45) is 1.49. The fourth-order valence-electron chi connectivity index (χ4n) is 4.61. The number of hydrogen-bond acceptors (Lipinski definition) is 5. The highest BCUT2D eigenvalue weighted by Crippen LogP contribution is 2.24. The second kappa shape index (κ2) is 9.09. The Morgan fingerprint density at radius 2 is 1.55 bits per heavy atom. The lowest BCUT2D eigenvalue weighted by atomic mass is 9.95. The average Bonchev–Trinajstić information content (AvgIpc) is 2.81. The lowest BCUT2D eigenvalue weighted by molar-refractivity contribution is -0.138. The van der Waals surface area contributed by atoms with Crippen molar-refractivity contribution in [3.63, 3.8) is 0 Å². The lowest BCUT2D eigenvalue weighted by Gasteiger charge is -2.39. The number of benzene rings is 1. The number of hydrogen-bond donors (Lipinski definition) is 0. The van der Waals surface area contributed by atoms with Crippen LogP contribution in [0.5, 0.6) is 0 Å². The molecule has 0 unspecified atom stereocenters. The lowest BCUT2D eigenvalue weighted by Crippen LogP contribution is -2.51. The van der Waals surface area contributed by atoms with Gasteiger partial charge in [0, 0.05) is 71.9 Å². The molecule has 1 aromatic carbocycles. The van der Waals surface area contributed by atoms with Crippen LogP contribution in [0, 0.1) is 5.92 Å². The quantitative estimate of drug-likeness (QED) is 0.719. The van der Waals surface area contributed by atoms with Crippen LogP contribution in [-0.2, 0) is 25.4 Å². The highest BCUT2D eigenvalue weighted by atomic mass is 16.2. The number of carbonyl (C=O) groups is 1. The van der Waals surface area contributed by atoms with Crippen LogP contribution in [0.4, 0.5) is 5.82 Å². The van der Waals surface area contributed by atoms with Gasteiger partial charge in [-0.1, -0.05) is 30.3 Å². The SMILES string of the molecule is Cn1c(N2CCC(C(=O)N3CCN(Cc4ccccc4)CC3)CC2)cc(=O)n(C)c1=O. The Kier molecular flexibility index (Phi) is 6.27. The van der Waals surface area contributed by atoms with Crippen molar-refractivity contribution in [2.45, 2.75) is 19.4 Å². The molecule has 8 nitrogen and oxygen atoms in total. The van der Waals surface area contributed by atoms with E-state index in [0.717, 1.165) is 50.1 Å². The molecule has 166 valence electrons. The van der Waals surface area contributed by atoms with Gasteiger partial charge >= 0.3 is 5.69 Å². The van der Waals surface area contributed by atoms with Gasteiger partial charge in [0.15, 0.2) is 0 Å². The van der Waals surface area contributed by atoms with Gasteiger partial charge in [0.05, 0.1) is 0 Å². The van der Waals surface area contributed by atoms with Crippen LogP contribution in [0.1, 0.15) is 18.4 Å². The molecule has 2 aromatic rings. The van der Waals surface area contributed by atoms with Gasteiger partial charge in [0.25, 0.3) is 5.56 Å². The molecule has 0 bridgehead atoms. The first-order chi connectivity index (χ1) is 14.9. The molecule has 2 aliphatic heterocycles. The molecule has 3 heterocycles. The maximum absolute atomic E-state index is 13.1. The van der Waals surface area contributed by atoms with E-state index in [2.05, 4.69) is 29.2 Å². The van der Waals surface area contributed by atoms with Crippen molar-refractivity contribution >= 4 is 11.7 Å². The van der Waals surface area contributed by atoms with Crippen LogP contribution < -0.4 is 16.1 Å². The van der Waals surface area contributed by atoms with E-state index in [9.17, 15) is 14.4 Å². The summed E-state index contributed by atoms with van der Waals surface area (Å²) in [5.41, 5.74) is 0.679. The van der Waals surface area contributed by atoms with Crippen molar-refractivity contribution < 1.29 is 4.79 Å². The van der Waals surface area contributed by atoms with E-state index in [1.807, 2.05) is 15.9 Å². The molecule has 31 heavy (non-hydrogen) atoms. The number of aromatic nitrogens is 2. The highest BCUT2D eigenvalue weighted by molar-refractivity contribution is 5.79. The van der Waals surface area contributed by atoms with Crippen LogP contribution in [0.2, 0.25) is 0 Å². The summed E-state index contributed by atoms with van der Waals surface area (Å²) in [7, 11) is 3.17. The van der Waals surface area contributed by atoms with E-state index in [1.54, 1.807) is 7.05 Å². The monoisotopic (exact) mass is 425 g/mol. The molecule has 4 rings (SSSR count). The van der Waals surface area contributed by atoms with Crippen molar-refractivity contribution in [2.24, 2.45) is 20.0 Å². The Bertz CT molecular complexity index is 1030. The molecule has 8 heteroatoms. The molecule has 0 aliphatic carbocycles. The number of anilines is 1. The standard InChI is InChI=1S/C23H31N5O3/c1-24-20(16-21(29)25(2)23(24)31)27-10-8-19(9-11-27)22(30)28-14-12-26(13-15-28)17-18-6-4-3-5-7-18/h3-7,16,19H,8-15,17H2,1-2H3. The molecule has 0 radical (unpaired) electrons. The Hall–Kier alpha value is -2.87. The number of amides is 1. The molecule has 1 amide bonds. The highest BCUT2D eigenvalue weighted by Gasteiger charge is 2.31. The first-order valence-electron chi connectivity index (χ1n) is 11.0. The summed E-state index contributed by atoms with van der Waals surface area (Å²) < 4.78 is 2.62. The van der Waals surface area contributed by atoms with Gasteiger partial charge in [-0.05, 0) is 18.4 Å². The van der Waals surface area contributed by atoms with E-state index >= 15 is 0 Å². The van der Waals surface area contributed by atoms with Crippen LogP contribution in [0.25, 0.3) is 0 Å². The van der Waals surface area contributed by atoms with Gasteiger partial charge in [-0.15, -0.1) is 0 Å². The zero-order valence-electron chi connectivity index (χ0n) is 18.4. The Balaban J connectivity index is 1.30. The van der Waals surface area contributed by atoms with E-state index in [4.69, 9.17) is 0 Å². The zero-order chi connectivity index (χ0) is 22.0. The minimum Gasteiger partial charge on any atom is -0.358 e. The van der Waals surface area contributed by atoms with Crippen LogP contribution in [0.3, 0.4) is 0 Å². The van der Waals surface area contributed by atoms with Crippen LogP contribution in [-0.4, -0.2) is 64.1 Å². The fraction of sp³-hybridized carbons (Fsp3) is 0.522. The molecular formula is C23H31N5O3. The number of carbonyl (C=O) groups excluding carboxylic acids is 1. The minimum atomic E-state index is -0.325. The Morgan fingerprint density at radius 3 is 2.19 bits per heavy atom. The van der Waals surface area contributed by atoms with Crippen molar-refractivity contribution in [1.82, 2.24) is 18.9 Å². The molecule has 0 spiro atoms. The van der Waals surface area contributed by atoms with Gasteiger partial charge in [0.1, 0.15) is 5.82 Å². The maximum atomic E-state index is 13.1.